The van der Waals surface area contributed by atoms with Crippen LogP contribution in [-0.2, 0) is 14.3 Å². The van der Waals surface area contributed by atoms with Crippen molar-refractivity contribution in [1.82, 2.24) is 4.90 Å². The van der Waals surface area contributed by atoms with Crippen LogP contribution in [0.2, 0.25) is 0 Å². The van der Waals surface area contributed by atoms with E-state index in [4.69, 9.17) is 14.2 Å². The third-order valence-electron chi connectivity index (χ3n) is 5.66. The van der Waals surface area contributed by atoms with Crippen molar-refractivity contribution in [3.8, 4) is 5.75 Å². The molecule has 3 aliphatic rings. The van der Waals surface area contributed by atoms with Crippen molar-refractivity contribution in [1.29, 1.82) is 0 Å². The molecule has 0 bridgehead atoms. The lowest BCUT2D eigenvalue weighted by Crippen LogP contribution is -2.57. The second-order valence-corrected chi connectivity index (χ2v) is 8.38. The topological polar surface area (TPSA) is 48.0 Å². The highest BCUT2D eigenvalue weighted by molar-refractivity contribution is 9.10. The van der Waals surface area contributed by atoms with Gasteiger partial charge in [0.1, 0.15) is 18.1 Å². The maximum atomic E-state index is 13.0. The van der Waals surface area contributed by atoms with Crippen LogP contribution in [0, 0.1) is 11.8 Å². The molecule has 26 heavy (non-hydrogen) atoms. The number of ether oxygens (including phenoxy) is 3. The Hall–Kier alpha value is -1.37. The van der Waals surface area contributed by atoms with Crippen LogP contribution < -0.4 is 4.74 Å². The summed E-state index contributed by atoms with van der Waals surface area (Å²) in [6, 6.07) is 7.92. The van der Waals surface area contributed by atoms with Gasteiger partial charge in [-0.15, -0.1) is 0 Å². The SMILES string of the molecule is CC(C)N1COC2CCC3C(=O)C(Oc4ccccc4Br)=COC3C2C1. The molecule has 4 unspecified atom stereocenters. The van der Waals surface area contributed by atoms with Crippen LogP contribution >= 0.6 is 15.9 Å². The van der Waals surface area contributed by atoms with Crippen molar-refractivity contribution in [2.45, 2.75) is 44.9 Å². The Labute approximate surface area is 162 Å². The molecule has 1 saturated heterocycles. The summed E-state index contributed by atoms with van der Waals surface area (Å²) in [7, 11) is 0. The second kappa shape index (κ2) is 7.33. The summed E-state index contributed by atoms with van der Waals surface area (Å²) >= 11 is 3.45. The lowest BCUT2D eigenvalue weighted by molar-refractivity contribution is -0.178. The van der Waals surface area contributed by atoms with E-state index < -0.39 is 0 Å². The summed E-state index contributed by atoms with van der Waals surface area (Å²) in [6.45, 7) is 5.91. The summed E-state index contributed by atoms with van der Waals surface area (Å²) < 4.78 is 18.8. The average molecular weight is 422 g/mol. The minimum Gasteiger partial charge on any atom is -0.493 e. The van der Waals surface area contributed by atoms with Gasteiger partial charge in [-0.3, -0.25) is 9.69 Å². The van der Waals surface area contributed by atoms with E-state index in [0.717, 1.165) is 23.9 Å². The molecule has 140 valence electrons. The molecule has 0 aromatic heterocycles. The summed E-state index contributed by atoms with van der Waals surface area (Å²) in [5.74, 6) is 1.01. The van der Waals surface area contributed by atoms with Crippen LogP contribution in [0.15, 0.2) is 40.8 Å². The van der Waals surface area contributed by atoms with E-state index in [1.54, 1.807) is 0 Å². The number of Topliss-reactive ketones (excluding diaryl/α,β-unsaturated/α-hetero) is 1. The fourth-order valence-electron chi connectivity index (χ4n) is 4.11. The average Bonchev–Trinajstić information content (AvgIpc) is 2.65. The summed E-state index contributed by atoms with van der Waals surface area (Å²) in [4.78, 5) is 15.3. The van der Waals surface area contributed by atoms with Crippen LogP contribution in [0.4, 0.5) is 0 Å². The number of halogens is 1. The molecule has 1 aromatic rings. The number of fused-ring (bicyclic) bond motifs is 3. The number of rotatable bonds is 3. The Morgan fingerprint density at radius 3 is 2.85 bits per heavy atom. The highest BCUT2D eigenvalue weighted by atomic mass is 79.9. The van der Waals surface area contributed by atoms with Crippen molar-refractivity contribution in [2.75, 3.05) is 13.3 Å². The molecular weight excluding hydrogens is 398 g/mol. The minimum absolute atomic E-state index is 0.0390. The molecule has 5 nitrogen and oxygen atoms in total. The molecule has 1 saturated carbocycles. The summed E-state index contributed by atoms with van der Waals surface area (Å²) in [5.41, 5.74) is 0. The maximum absolute atomic E-state index is 13.0. The second-order valence-electron chi connectivity index (χ2n) is 7.53. The number of carbonyl (C=O) groups is 1. The van der Waals surface area contributed by atoms with E-state index in [1.807, 2.05) is 24.3 Å². The first-order valence-electron chi connectivity index (χ1n) is 9.22. The predicted octanol–water partition coefficient (Wildman–Crippen LogP) is 3.73. The fourth-order valence-corrected chi connectivity index (χ4v) is 4.48. The van der Waals surface area contributed by atoms with Gasteiger partial charge in [0.25, 0.3) is 0 Å². The van der Waals surface area contributed by atoms with E-state index in [2.05, 4.69) is 34.7 Å². The molecule has 1 aliphatic carbocycles. The van der Waals surface area contributed by atoms with Gasteiger partial charge in [-0.25, -0.2) is 0 Å². The monoisotopic (exact) mass is 421 g/mol. The van der Waals surface area contributed by atoms with Gasteiger partial charge in [0.2, 0.25) is 11.5 Å². The van der Waals surface area contributed by atoms with Crippen LogP contribution in [0.25, 0.3) is 0 Å². The van der Waals surface area contributed by atoms with Gasteiger partial charge in [0.15, 0.2) is 0 Å². The lowest BCUT2D eigenvalue weighted by Gasteiger charge is -2.48. The van der Waals surface area contributed by atoms with E-state index in [-0.39, 0.29) is 35.6 Å². The molecule has 4 atom stereocenters. The number of nitrogens with zero attached hydrogens (tertiary/aromatic N) is 1. The molecule has 4 rings (SSSR count). The van der Waals surface area contributed by atoms with Gasteiger partial charge in [0, 0.05) is 18.5 Å². The Morgan fingerprint density at radius 1 is 1.27 bits per heavy atom. The van der Waals surface area contributed by atoms with E-state index >= 15 is 0 Å². The number of benzene rings is 1. The molecule has 2 aliphatic heterocycles. The first-order chi connectivity index (χ1) is 12.5. The molecule has 6 heteroatoms. The van der Waals surface area contributed by atoms with Crippen molar-refractivity contribution < 1.29 is 19.0 Å². The highest BCUT2D eigenvalue weighted by Crippen LogP contribution is 2.41. The molecule has 2 fully saturated rings. The van der Waals surface area contributed by atoms with Gasteiger partial charge >= 0.3 is 0 Å². The van der Waals surface area contributed by atoms with Crippen LogP contribution in [0.1, 0.15) is 26.7 Å². The molecule has 1 aromatic carbocycles. The third-order valence-corrected chi connectivity index (χ3v) is 6.31. The fraction of sp³-hybridized carbons (Fsp3) is 0.550. The molecule has 2 heterocycles. The summed E-state index contributed by atoms with van der Waals surface area (Å²) in [5, 5.41) is 0. The van der Waals surface area contributed by atoms with Crippen molar-refractivity contribution >= 4 is 21.7 Å². The smallest absolute Gasteiger partial charge is 0.208 e. The van der Waals surface area contributed by atoms with Crippen molar-refractivity contribution in [3.05, 3.63) is 40.8 Å². The molecule has 0 N–H and O–H groups in total. The van der Waals surface area contributed by atoms with Gasteiger partial charge in [-0.2, -0.15) is 0 Å². The normalized spacial score (nSPS) is 31.7. The number of hydrogen-bond donors (Lipinski definition) is 0. The molecular formula is C20H24BrNO4. The number of carbonyl (C=O) groups excluding carboxylic acids is 1. The Balaban J connectivity index is 1.53. The zero-order valence-corrected chi connectivity index (χ0v) is 16.6. The lowest BCUT2D eigenvalue weighted by atomic mass is 9.73. The van der Waals surface area contributed by atoms with E-state index in [0.29, 0.717) is 18.5 Å². The number of para-hydroxylation sites is 1. The van der Waals surface area contributed by atoms with Gasteiger partial charge in [0.05, 0.1) is 23.2 Å². The Bertz CT molecular complexity index is 720. The third kappa shape index (κ3) is 3.30. The number of hydrogen-bond acceptors (Lipinski definition) is 5. The first kappa shape index (κ1) is 18.0. The highest BCUT2D eigenvalue weighted by Gasteiger charge is 2.49. The Kier molecular flexibility index (Phi) is 5.08. The predicted molar refractivity (Wildman–Crippen MR) is 101 cm³/mol. The van der Waals surface area contributed by atoms with Crippen LogP contribution in [0.3, 0.4) is 0 Å². The zero-order valence-electron chi connectivity index (χ0n) is 15.1. The Morgan fingerprint density at radius 2 is 2.08 bits per heavy atom. The van der Waals surface area contributed by atoms with Crippen LogP contribution in [-0.4, -0.2) is 42.2 Å². The van der Waals surface area contributed by atoms with Gasteiger partial charge in [-0.1, -0.05) is 12.1 Å². The van der Waals surface area contributed by atoms with Crippen molar-refractivity contribution in [2.24, 2.45) is 11.8 Å². The quantitative estimate of drug-likeness (QED) is 0.743. The molecule has 0 radical (unpaired) electrons. The van der Waals surface area contributed by atoms with Crippen LogP contribution in [0.5, 0.6) is 5.75 Å². The standard InChI is InChI=1S/C20H24BrNO4/c1-12(2)22-9-14-16(25-11-22)8-7-13-19(23)18(10-24-20(13)14)26-17-6-4-3-5-15(17)21/h3-6,10,12-14,16,20H,7-9,11H2,1-2H3. The van der Waals surface area contributed by atoms with E-state index in [9.17, 15) is 4.79 Å². The van der Waals surface area contributed by atoms with E-state index in [1.165, 1.54) is 6.26 Å². The summed E-state index contributed by atoms with van der Waals surface area (Å²) in [6.07, 6.45) is 3.23. The number of allylic oxidation sites excluding steroid dienone is 1. The largest absolute Gasteiger partial charge is 0.493 e. The first-order valence-corrected chi connectivity index (χ1v) is 10.0. The van der Waals surface area contributed by atoms with Gasteiger partial charge in [-0.05, 0) is 54.8 Å². The number of ketones is 1. The molecule has 0 spiro atoms. The zero-order chi connectivity index (χ0) is 18.3. The van der Waals surface area contributed by atoms with Gasteiger partial charge < -0.3 is 14.2 Å². The minimum atomic E-state index is -0.158. The van der Waals surface area contributed by atoms with Crippen molar-refractivity contribution in [3.63, 3.8) is 0 Å². The maximum Gasteiger partial charge on any atom is 0.208 e. The molecule has 0 amide bonds.